The molecule has 2 nitrogen and oxygen atoms in total. The highest BCUT2D eigenvalue weighted by atomic mass is 16.3. The Morgan fingerprint density at radius 1 is 0.260 bits per heavy atom. The lowest BCUT2D eigenvalue weighted by Crippen LogP contribution is -1.98. The normalized spacial score (nSPS) is 12.4. The van der Waals surface area contributed by atoms with Crippen LogP contribution in [0, 0.1) is 0 Å². The van der Waals surface area contributed by atoms with Crippen molar-refractivity contribution in [1.29, 1.82) is 0 Å². The smallest absolute Gasteiger partial charge is 0.144 e. The van der Waals surface area contributed by atoms with E-state index >= 15 is 0 Å². The van der Waals surface area contributed by atoms with Crippen LogP contribution >= 0.6 is 0 Å². The second-order valence-electron chi connectivity index (χ2n) is 13.5. The van der Waals surface area contributed by atoms with Crippen LogP contribution in [0.4, 0.5) is 0 Å². The molecule has 2 heteroatoms. The first-order valence-electron chi connectivity index (χ1n) is 17.2. The molecule has 0 bridgehead atoms. The molecule has 50 heavy (non-hydrogen) atoms. The number of rotatable bonds is 2. The Labute approximate surface area is 286 Å². The molecule has 0 aromatic heterocycles. The van der Waals surface area contributed by atoms with Crippen molar-refractivity contribution in [3.63, 3.8) is 0 Å². The summed E-state index contributed by atoms with van der Waals surface area (Å²) < 4.78 is 14.5. The highest BCUT2D eigenvalue weighted by molar-refractivity contribution is 6.35. The number of hydrogen-bond acceptors (Lipinski definition) is 2. The second kappa shape index (κ2) is 9.49. The standard InChI is InChI=1S/C48H26O2/c1-3-15-29-27(11-1)13-9-21-33(29)41-35-19-7-5-17-31(35)37-23-26-40-45-43(37)47(41)49-39-25-24-38-32-18-6-8-20-36(32)42(48(50-40)44(38)46(39)45)34-22-10-14-28-12-2-4-16-30(28)34/h1-26H. The third kappa shape index (κ3) is 3.28. The van der Waals surface area contributed by atoms with Gasteiger partial charge in [0.1, 0.15) is 22.3 Å². The van der Waals surface area contributed by atoms with Gasteiger partial charge in [0.05, 0.1) is 0 Å². The average molecular weight is 635 g/mol. The highest BCUT2D eigenvalue weighted by Gasteiger charge is 2.30. The van der Waals surface area contributed by atoms with Crippen LogP contribution < -0.4 is 0 Å². The number of benzene rings is 10. The largest absolute Gasteiger partial charge is 0.455 e. The summed E-state index contributed by atoms with van der Waals surface area (Å²) >= 11 is 0. The van der Waals surface area contributed by atoms with Gasteiger partial charge in [-0.3, -0.25) is 0 Å². The Bertz CT molecular complexity index is 3080. The summed E-state index contributed by atoms with van der Waals surface area (Å²) in [5.41, 5.74) is 10.3. The molecule has 2 aliphatic rings. The van der Waals surface area contributed by atoms with Crippen molar-refractivity contribution in [1.82, 2.24) is 0 Å². The Kier molecular flexibility index (Phi) is 5.00. The zero-order chi connectivity index (χ0) is 32.5. The summed E-state index contributed by atoms with van der Waals surface area (Å²) in [7, 11) is 0. The van der Waals surface area contributed by atoms with E-state index in [4.69, 9.17) is 8.83 Å². The first-order chi connectivity index (χ1) is 24.8. The van der Waals surface area contributed by atoms with Gasteiger partial charge in [0.2, 0.25) is 0 Å². The Morgan fingerprint density at radius 2 is 0.640 bits per heavy atom. The van der Waals surface area contributed by atoms with Crippen molar-refractivity contribution in [3.8, 4) is 33.4 Å². The van der Waals surface area contributed by atoms with E-state index in [1.54, 1.807) is 0 Å². The maximum atomic E-state index is 7.25. The van der Waals surface area contributed by atoms with E-state index in [9.17, 15) is 0 Å². The van der Waals surface area contributed by atoms with Gasteiger partial charge in [-0.05, 0) is 89.3 Å². The first kappa shape index (κ1) is 26.3. The lowest BCUT2D eigenvalue weighted by Gasteiger charge is -2.24. The average Bonchev–Trinajstić information content (AvgIpc) is 3.18. The van der Waals surface area contributed by atoms with Crippen LogP contribution in [0.1, 0.15) is 0 Å². The van der Waals surface area contributed by atoms with Gasteiger partial charge < -0.3 is 8.83 Å². The minimum absolute atomic E-state index is 0.860. The summed E-state index contributed by atoms with van der Waals surface area (Å²) in [4.78, 5) is 0. The molecule has 10 aromatic carbocycles. The van der Waals surface area contributed by atoms with Gasteiger partial charge in [-0.2, -0.15) is 0 Å². The molecule has 12 rings (SSSR count). The lowest BCUT2D eigenvalue weighted by atomic mass is 9.83. The minimum atomic E-state index is 0.860. The van der Waals surface area contributed by atoms with Crippen LogP contribution in [-0.2, 0) is 0 Å². The summed E-state index contributed by atoms with van der Waals surface area (Å²) in [5.74, 6) is 0. The van der Waals surface area contributed by atoms with E-state index in [-0.39, 0.29) is 0 Å². The molecule has 0 spiro atoms. The van der Waals surface area contributed by atoms with Gasteiger partial charge in [-0.1, -0.05) is 133 Å². The molecule has 0 N–H and O–H groups in total. The fourth-order valence-electron chi connectivity index (χ4n) is 8.97. The van der Waals surface area contributed by atoms with E-state index < -0.39 is 0 Å². The zero-order valence-electron chi connectivity index (χ0n) is 26.8. The minimum Gasteiger partial charge on any atom is -0.455 e. The highest BCUT2D eigenvalue weighted by Crippen LogP contribution is 2.55. The van der Waals surface area contributed by atoms with Gasteiger partial charge in [0.15, 0.2) is 0 Å². The lowest BCUT2D eigenvalue weighted by molar-refractivity contribution is 0.648. The fourth-order valence-corrected chi connectivity index (χ4v) is 8.97. The van der Waals surface area contributed by atoms with E-state index in [2.05, 4.69) is 158 Å². The summed E-state index contributed by atoms with van der Waals surface area (Å²) in [6, 6.07) is 56.7. The van der Waals surface area contributed by atoms with Gasteiger partial charge >= 0.3 is 0 Å². The van der Waals surface area contributed by atoms with Crippen molar-refractivity contribution < 1.29 is 8.83 Å². The van der Waals surface area contributed by atoms with Crippen LogP contribution in [0.15, 0.2) is 167 Å². The van der Waals surface area contributed by atoms with Crippen molar-refractivity contribution in [2.75, 3.05) is 0 Å². The van der Waals surface area contributed by atoms with E-state index in [0.29, 0.717) is 0 Å². The topological polar surface area (TPSA) is 26.3 Å². The van der Waals surface area contributed by atoms with Crippen molar-refractivity contribution in [2.45, 2.75) is 0 Å². The molecule has 2 aliphatic heterocycles. The summed E-state index contributed by atoms with van der Waals surface area (Å²) in [6.45, 7) is 0. The molecule has 0 atom stereocenters. The second-order valence-corrected chi connectivity index (χ2v) is 13.5. The quantitative estimate of drug-likeness (QED) is 0.140. The first-order valence-corrected chi connectivity index (χ1v) is 17.2. The maximum Gasteiger partial charge on any atom is 0.144 e. The Balaban J connectivity index is 1.33. The monoisotopic (exact) mass is 634 g/mol. The van der Waals surface area contributed by atoms with Crippen LogP contribution in [0.5, 0.6) is 0 Å². The molecular formula is C48H26O2. The molecule has 0 saturated carbocycles. The van der Waals surface area contributed by atoms with Gasteiger partial charge in [0.25, 0.3) is 0 Å². The van der Waals surface area contributed by atoms with Crippen LogP contribution in [0.2, 0.25) is 0 Å². The molecule has 0 fully saturated rings. The third-order valence-electron chi connectivity index (χ3n) is 11.0. The number of fused-ring (bicyclic) bond motifs is 6. The van der Waals surface area contributed by atoms with Crippen LogP contribution in [-0.4, -0.2) is 0 Å². The summed E-state index contributed by atoms with van der Waals surface area (Å²) in [5, 5.41) is 14.1. The van der Waals surface area contributed by atoms with Crippen molar-refractivity contribution in [3.05, 3.63) is 158 Å². The molecule has 0 amide bonds. The van der Waals surface area contributed by atoms with Crippen LogP contribution in [0.3, 0.4) is 0 Å². The van der Waals surface area contributed by atoms with E-state index in [1.165, 1.54) is 65.0 Å². The molecule has 230 valence electrons. The Hall–Kier alpha value is -6.64. The Morgan fingerprint density at radius 3 is 1.10 bits per heavy atom. The maximum absolute atomic E-state index is 7.25. The molecule has 0 saturated heterocycles. The predicted octanol–water partition coefficient (Wildman–Crippen LogP) is 14.0. The van der Waals surface area contributed by atoms with Gasteiger partial charge in [-0.15, -0.1) is 0 Å². The summed E-state index contributed by atoms with van der Waals surface area (Å²) in [6.07, 6.45) is 0. The molecule has 2 heterocycles. The molecular weight excluding hydrogens is 609 g/mol. The number of hydrogen-bond donors (Lipinski definition) is 0. The third-order valence-corrected chi connectivity index (χ3v) is 11.0. The van der Waals surface area contributed by atoms with Gasteiger partial charge in [0, 0.05) is 33.0 Å². The zero-order valence-corrected chi connectivity index (χ0v) is 26.8. The van der Waals surface area contributed by atoms with E-state index in [1.807, 2.05) is 0 Å². The van der Waals surface area contributed by atoms with Gasteiger partial charge in [-0.25, -0.2) is 0 Å². The predicted molar refractivity (Wildman–Crippen MR) is 210 cm³/mol. The molecule has 10 aromatic rings. The molecule has 0 unspecified atom stereocenters. The molecule has 0 radical (unpaired) electrons. The SMILES string of the molecule is c1ccc2c(-c3c4ccccc4c4ccc5oc6c(-c7cccc8ccccc78)c7ccccc7c7ccc8oc3c4c5-c8c67)cccc2c1. The van der Waals surface area contributed by atoms with E-state index in [0.717, 1.165) is 55.4 Å². The van der Waals surface area contributed by atoms with Crippen molar-refractivity contribution >= 4 is 87.0 Å². The van der Waals surface area contributed by atoms with Crippen LogP contribution in [0.25, 0.3) is 120 Å². The fraction of sp³-hybridized carbons (Fsp3) is 0. The van der Waals surface area contributed by atoms with Crippen molar-refractivity contribution in [2.24, 2.45) is 0 Å². The molecule has 0 aliphatic carbocycles.